The predicted octanol–water partition coefficient (Wildman–Crippen LogP) is 2.51. The Kier molecular flexibility index (Phi) is 4.08. The van der Waals surface area contributed by atoms with Crippen LogP contribution < -0.4 is 5.32 Å². The molecule has 1 aliphatic rings. The fourth-order valence-corrected chi connectivity index (χ4v) is 2.68. The van der Waals surface area contributed by atoms with Crippen molar-refractivity contribution in [2.45, 2.75) is 52.2 Å². The standard InChI is InChI=1S/C17H24N2O2/c1-11(2)12(3)19-14(13-9-7-6-8-10-13)15(20)18-17(4,5)16(19)21/h6-12,14H,1-5H3,(H,18,20). The normalized spacial score (nSPS) is 23.1. The summed E-state index contributed by atoms with van der Waals surface area (Å²) < 4.78 is 0. The van der Waals surface area contributed by atoms with Crippen molar-refractivity contribution >= 4 is 11.8 Å². The SMILES string of the molecule is CC(C)C(C)N1C(=O)C(C)(C)NC(=O)C1c1ccccc1. The monoisotopic (exact) mass is 288 g/mol. The average molecular weight is 288 g/mol. The summed E-state index contributed by atoms with van der Waals surface area (Å²) in [6.07, 6.45) is 0. The van der Waals surface area contributed by atoms with Crippen molar-refractivity contribution in [3.8, 4) is 0 Å². The Bertz CT molecular complexity index is 537. The maximum Gasteiger partial charge on any atom is 0.248 e. The molecule has 4 nitrogen and oxygen atoms in total. The molecular formula is C17H24N2O2. The van der Waals surface area contributed by atoms with Crippen LogP contribution in [0.4, 0.5) is 0 Å². The van der Waals surface area contributed by atoms with E-state index < -0.39 is 11.6 Å². The maximum atomic E-state index is 12.8. The molecule has 1 aliphatic heterocycles. The third-order valence-corrected chi connectivity index (χ3v) is 4.25. The quantitative estimate of drug-likeness (QED) is 0.929. The van der Waals surface area contributed by atoms with Crippen molar-refractivity contribution in [2.24, 2.45) is 5.92 Å². The molecule has 1 saturated heterocycles. The predicted molar refractivity (Wildman–Crippen MR) is 82.6 cm³/mol. The number of benzene rings is 1. The van der Waals surface area contributed by atoms with Crippen LogP contribution in [0.2, 0.25) is 0 Å². The molecule has 21 heavy (non-hydrogen) atoms. The lowest BCUT2D eigenvalue weighted by molar-refractivity contribution is -0.157. The van der Waals surface area contributed by atoms with E-state index >= 15 is 0 Å². The van der Waals surface area contributed by atoms with Crippen LogP contribution in [0.3, 0.4) is 0 Å². The van der Waals surface area contributed by atoms with Gasteiger partial charge in [-0.25, -0.2) is 0 Å². The molecule has 1 aromatic rings. The molecule has 4 heteroatoms. The van der Waals surface area contributed by atoms with Crippen molar-refractivity contribution in [3.63, 3.8) is 0 Å². The highest BCUT2D eigenvalue weighted by Gasteiger charge is 2.47. The molecule has 2 rings (SSSR count). The second-order valence-corrected chi connectivity index (χ2v) is 6.62. The molecule has 114 valence electrons. The molecule has 0 spiro atoms. The van der Waals surface area contributed by atoms with Crippen LogP contribution in [0, 0.1) is 5.92 Å². The van der Waals surface area contributed by atoms with Crippen LogP contribution in [-0.2, 0) is 9.59 Å². The second-order valence-electron chi connectivity index (χ2n) is 6.62. The number of piperazine rings is 1. The summed E-state index contributed by atoms with van der Waals surface area (Å²) in [6.45, 7) is 9.66. The number of rotatable bonds is 3. The second kappa shape index (κ2) is 5.51. The van der Waals surface area contributed by atoms with Gasteiger partial charge in [0.15, 0.2) is 0 Å². The third-order valence-electron chi connectivity index (χ3n) is 4.25. The highest BCUT2D eigenvalue weighted by atomic mass is 16.2. The molecule has 0 saturated carbocycles. The number of amides is 2. The number of hydrogen-bond acceptors (Lipinski definition) is 2. The summed E-state index contributed by atoms with van der Waals surface area (Å²) in [5.41, 5.74) is -0.00254. The minimum Gasteiger partial charge on any atom is -0.340 e. The molecule has 0 bridgehead atoms. The van der Waals surface area contributed by atoms with Gasteiger partial charge in [-0.1, -0.05) is 44.2 Å². The van der Waals surface area contributed by atoms with E-state index in [0.717, 1.165) is 5.56 Å². The number of hydrogen-bond donors (Lipinski definition) is 1. The summed E-state index contributed by atoms with van der Waals surface area (Å²) in [5, 5.41) is 2.85. The lowest BCUT2D eigenvalue weighted by Gasteiger charge is -2.46. The van der Waals surface area contributed by atoms with Crippen molar-refractivity contribution in [3.05, 3.63) is 35.9 Å². The fraction of sp³-hybridized carbons (Fsp3) is 0.529. The first kappa shape index (κ1) is 15.5. The van der Waals surface area contributed by atoms with Gasteiger partial charge in [-0.2, -0.15) is 0 Å². The summed E-state index contributed by atoms with van der Waals surface area (Å²) >= 11 is 0. The maximum absolute atomic E-state index is 12.8. The zero-order valence-corrected chi connectivity index (χ0v) is 13.4. The van der Waals surface area contributed by atoms with Crippen LogP contribution in [0.1, 0.15) is 46.2 Å². The molecule has 1 aromatic carbocycles. The Balaban J connectivity index is 2.49. The van der Waals surface area contributed by atoms with Gasteiger partial charge >= 0.3 is 0 Å². The van der Waals surface area contributed by atoms with Crippen LogP contribution in [0.25, 0.3) is 0 Å². The van der Waals surface area contributed by atoms with Crippen molar-refractivity contribution in [1.29, 1.82) is 0 Å². The summed E-state index contributed by atoms with van der Waals surface area (Å²) in [5.74, 6) is 0.136. The van der Waals surface area contributed by atoms with Gasteiger partial charge in [0.2, 0.25) is 11.8 Å². The highest BCUT2D eigenvalue weighted by molar-refractivity contribution is 6.00. The van der Waals surface area contributed by atoms with E-state index in [1.165, 1.54) is 0 Å². The number of nitrogens with zero attached hydrogens (tertiary/aromatic N) is 1. The Morgan fingerprint density at radius 3 is 2.19 bits per heavy atom. The third kappa shape index (κ3) is 2.80. The van der Waals surface area contributed by atoms with Crippen molar-refractivity contribution in [1.82, 2.24) is 10.2 Å². The number of carbonyl (C=O) groups is 2. The number of nitrogens with one attached hydrogen (secondary N) is 1. The van der Waals surface area contributed by atoms with Gasteiger partial charge in [0.05, 0.1) is 0 Å². The molecule has 2 amide bonds. The molecule has 2 unspecified atom stereocenters. The van der Waals surface area contributed by atoms with Crippen LogP contribution in [0.15, 0.2) is 30.3 Å². The zero-order valence-electron chi connectivity index (χ0n) is 13.4. The van der Waals surface area contributed by atoms with Gasteiger partial charge < -0.3 is 10.2 Å². The van der Waals surface area contributed by atoms with E-state index in [2.05, 4.69) is 19.2 Å². The highest BCUT2D eigenvalue weighted by Crippen LogP contribution is 2.32. The Hall–Kier alpha value is -1.84. The molecule has 0 radical (unpaired) electrons. The van der Waals surface area contributed by atoms with Gasteiger partial charge in [0.1, 0.15) is 11.6 Å². The zero-order chi connectivity index (χ0) is 15.8. The van der Waals surface area contributed by atoms with Crippen LogP contribution in [-0.4, -0.2) is 28.3 Å². The van der Waals surface area contributed by atoms with Crippen molar-refractivity contribution < 1.29 is 9.59 Å². The van der Waals surface area contributed by atoms with Gasteiger partial charge in [-0.05, 0) is 32.3 Å². The topological polar surface area (TPSA) is 49.4 Å². The van der Waals surface area contributed by atoms with E-state index in [9.17, 15) is 9.59 Å². The van der Waals surface area contributed by atoms with Crippen LogP contribution in [0.5, 0.6) is 0 Å². The molecule has 0 aliphatic carbocycles. The molecular weight excluding hydrogens is 264 g/mol. The minimum absolute atomic E-state index is 0.00645. The smallest absolute Gasteiger partial charge is 0.248 e. The Labute approximate surface area is 126 Å². The van der Waals surface area contributed by atoms with E-state index in [0.29, 0.717) is 0 Å². The Morgan fingerprint density at radius 1 is 1.10 bits per heavy atom. The number of carbonyl (C=O) groups excluding carboxylic acids is 2. The Morgan fingerprint density at radius 2 is 1.67 bits per heavy atom. The van der Waals surface area contributed by atoms with Crippen LogP contribution >= 0.6 is 0 Å². The largest absolute Gasteiger partial charge is 0.340 e. The van der Waals surface area contributed by atoms with Gasteiger partial charge in [0.25, 0.3) is 0 Å². The average Bonchev–Trinajstić information content (AvgIpc) is 2.42. The summed E-state index contributed by atoms with van der Waals surface area (Å²) in [7, 11) is 0. The molecule has 1 fully saturated rings. The van der Waals surface area contributed by atoms with Gasteiger partial charge in [0, 0.05) is 6.04 Å². The molecule has 0 aromatic heterocycles. The summed E-state index contributed by atoms with van der Waals surface area (Å²) in [4.78, 5) is 27.2. The first-order valence-corrected chi connectivity index (χ1v) is 7.45. The van der Waals surface area contributed by atoms with E-state index in [1.807, 2.05) is 37.3 Å². The molecule has 2 atom stereocenters. The lowest BCUT2D eigenvalue weighted by Crippen LogP contribution is -2.67. The van der Waals surface area contributed by atoms with E-state index in [4.69, 9.17) is 0 Å². The summed E-state index contributed by atoms with van der Waals surface area (Å²) in [6, 6.07) is 8.94. The lowest BCUT2D eigenvalue weighted by atomic mass is 9.89. The first-order chi connectivity index (χ1) is 9.75. The fourth-order valence-electron chi connectivity index (χ4n) is 2.68. The van der Waals surface area contributed by atoms with Crippen molar-refractivity contribution in [2.75, 3.05) is 0 Å². The van der Waals surface area contributed by atoms with E-state index in [1.54, 1.807) is 18.7 Å². The van der Waals surface area contributed by atoms with E-state index in [-0.39, 0.29) is 23.8 Å². The van der Waals surface area contributed by atoms with Gasteiger partial charge in [-0.15, -0.1) is 0 Å². The molecule has 1 heterocycles. The first-order valence-electron chi connectivity index (χ1n) is 7.45. The van der Waals surface area contributed by atoms with Gasteiger partial charge in [-0.3, -0.25) is 9.59 Å². The minimum atomic E-state index is -0.856. The molecule has 1 N–H and O–H groups in total.